The van der Waals surface area contributed by atoms with Crippen molar-refractivity contribution in [1.82, 2.24) is 0 Å². The summed E-state index contributed by atoms with van der Waals surface area (Å²) in [5, 5.41) is 10.3. The molecule has 0 radical (unpaired) electrons. The first-order valence-electron chi connectivity index (χ1n) is 7.43. The van der Waals surface area contributed by atoms with Crippen LogP contribution in [0.2, 0.25) is 0 Å². The lowest BCUT2D eigenvalue weighted by Gasteiger charge is -2.46. The van der Waals surface area contributed by atoms with Crippen LogP contribution in [0, 0.1) is 29.1 Å². The molecule has 0 bridgehead atoms. The van der Waals surface area contributed by atoms with Gasteiger partial charge in [-0.05, 0) is 31.1 Å². The summed E-state index contributed by atoms with van der Waals surface area (Å²) >= 11 is 0. The molecule has 2 heterocycles. The lowest BCUT2D eigenvalue weighted by atomic mass is 9.65. The lowest BCUT2D eigenvalue weighted by Crippen LogP contribution is -2.48. The molecule has 0 amide bonds. The SMILES string of the molecule is C[C@@H]1C[C@@H]2OC(=O)[C@@H](C)[C@@H]2C[C@@]2(C)[C@@H]1CCO[C@@H]2O. The average molecular weight is 268 g/mol. The van der Waals surface area contributed by atoms with Crippen LogP contribution in [0.5, 0.6) is 0 Å². The van der Waals surface area contributed by atoms with E-state index in [1.165, 1.54) is 0 Å². The zero-order chi connectivity index (χ0) is 13.8. The van der Waals surface area contributed by atoms with Gasteiger partial charge in [-0.25, -0.2) is 0 Å². The van der Waals surface area contributed by atoms with Crippen molar-refractivity contribution in [2.75, 3.05) is 6.61 Å². The lowest BCUT2D eigenvalue weighted by molar-refractivity contribution is -0.230. The maximum Gasteiger partial charge on any atom is 0.309 e. The molecule has 3 rings (SSSR count). The number of esters is 1. The summed E-state index contributed by atoms with van der Waals surface area (Å²) in [5.74, 6) is 1.00. The van der Waals surface area contributed by atoms with Gasteiger partial charge in [0.2, 0.25) is 0 Å². The van der Waals surface area contributed by atoms with Crippen LogP contribution in [-0.4, -0.2) is 30.1 Å². The van der Waals surface area contributed by atoms with Crippen molar-refractivity contribution in [3.8, 4) is 0 Å². The minimum atomic E-state index is -0.713. The highest BCUT2D eigenvalue weighted by Gasteiger charge is 2.55. The Morgan fingerprint density at radius 1 is 1.37 bits per heavy atom. The monoisotopic (exact) mass is 268 g/mol. The first kappa shape index (κ1) is 13.4. The maximum atomic E-state index is 11.8. The Bertz CT molecular complexity index is 382. The van der Waals surface area contributed by atoms with Crippen LogP contribution in [0.1, 0.15) is 40.0 Å². The normalized spacial score (nSPS) is 54.0. The largest absolute Gasteiger partial charge is 0.462 e. The summed E-state index contributed by atoms with van der Waals surface area (Å²) in [6.07, 6.45) is 2.06. The standard InChI is InChI=1S/C15H24O4/c1-8-6-12-10(9(2)13(16)19-12)7-15(3)11(8)4-5-18-14(15)17/h8-12,14,17H,4-7H2,1-3H3/t8-,9+,10+,11-,12+,14+,15+/m1/s1. The fraction of sp³-hybridized carbons (Fsp3) is 0.933. The Balaban J connectivity index is 1.94. The smallest absolute Gasteiger partial charge is 0.309 e. The van der Waals surface area contributed by atoms with E-state index in [-0.39, 0.29) is 29.3 Å². The number of aliphatic hydroxyl groups is 1. The molecule has 1 N–H and O–H groups in total. The van der Waals surface area contributed by atoms with Crippen LogP contribution in [0.4, 0.5) is 0 Å². The molecule has 3 aliphatic rings. The summed E-state index contributed by atoms with van der Waals surface area (Å²) < 4.78 is 11.0. The van der Waals surface area contributed by atoms with Crippen molar-refractivity contribution >= 4 is 5.97 Å². The Morgan fingerprint density at radius 3 is 2.84 bits per heavy atom. The number of hydrogen-bond donors (Lipinski definition) is 1. The summed E-state index contributed by atoms with van der Waals surface area (Å²) in [7, 11) is 0. The van der Waals surface area contributed by atoms with Gasteiger partial charge < -0.3 is 14.6 Å². The van der Waals surface area contributed by atoms with Crippen LogP contribution in [-0.2, 0) is 14.3 Å². The molecule has 108 valence electrons. The third kappa shape index (κ3) is 1.91. The first-order valence-corrected chi connectivity index (χ1v) is 7.43. The van der Waals surface area contributed by atoms with Crippen molar-refractivity contribution in [1.29, 1.82) is 0 Å². The molecule has 1 saturated carbocycles. The van der Waals surface area contributed by atoms with Crippen molar-refractivity contribution in [3.63, 3.8) is 0 Å². The molecule has 4 nitrogen and oxygen atoms in total. The highest BCUT2D eigenvalue weighted by atomic mass is 16.6. The van der Waals surface area contributed by atoms with Crippen LogP contribution in [0.25, 0.3) is 0 Å². The Hall–Kier alpha value is -0.610. The van der Waals surface area contributed by atoms with Gasteiger partial charge >= 0.3 is 5.97 Å². The number of hydrogen-bond acceptors (Lipinski definition) is 4. The number of rotatable bonds is 0. The number of fused-ring (bicyclic) bond motifs is 2. The summed E-state index contributed by atoms with van der Waals surface area (Å²) in [6.45, 7) is 6.93. The zero-order valence-corrected chi connectivity index (χ0v) is 12.0. The number of aliphatic hydroxyl groups excluding tert-OH is 1. The molecule has 2 saturated heterocycles. The van der Waals surface area contributed by atoms with Gasteiger partial charge in [-0.3, -0.25) is 4.79 Å². The van der Waals surface area contributed by atoms with Gasteiger partial charge in [0, 0.05) is 11.3 Å². The third-order valence-corrected chi connectivity index (χ3v) is 5.84. The van der Waals surface area contributed by atoms with E-state index in [1.807, 2.05) is 6.92 Å². The number of carbonyl (C=O) groups excluding carboxylic acids is 1. The number of ether oxygens (including phenoxy) is 2. The molecule has 2 aliphatic heterocycles. The zero-order valence-electron chi connectivity index (χ0n) is 12.0. The van der Waals surface area contributed by atoms with Crippen molar-refractivity contribution in [2.24, 2.45) is 29.1 Å². The maximum absolute atomic E-state index is 11.8. The van der Waals surface area contributed by atoms with Crippen LogP contribution >= 0.6 is 0 Å². The molecular weight excluding hydrogens is 244 g/mol. The van der Waals surface area contributed by atoms with Crippen molar-refractivity contribution in [3.05, 3.63) is 0 Å². The molecule has 7 atom stereocenters. The second-order valence-electron chi connectivity index (χ2n) is 6.97. The average Bonchev–Trinajstić information content (AvgIpc) is 2.54. The van der Waals surface area contributed by atoms with Gasteiger partial charge in [0.15, 0.2) is 6.29 Å². The highest BCUT2D eigenvalue weighted by molar-refractivity contribution is 5.74. The third-order valence-electron chi connectivity index (χ3n) is 5.84. The van der Waals surface area contributed by atoms with Gasteiger partial charge in [0.05, 0.1) is 12.5 Å². The fourth-order valence-corrected chi connectivity index (χ4v) is 4.61. The second-order valence-corrected chi connectivity index (χ2v) is 6.97. The van der Waals surface area contributed by atoms with Gasteiger partial charge in [-0.2, -0.15) is 0 Å². The van der Waals surface area contributed by atoms with Crippen molar-refractivity contribution in [2.45, 2.75) is 52.4 Å². The molecule has 4 heteroatoms. The Labute approximate surface area is 114 Å². The fourth-order valence-electron chi connectivity index (χ4n) is 4.61. The Kier molecular flexibility index (Phi) is 3.13. The topological polar surface area (TPSA) is 55.8 Å². The molecule has 0 unspecified atom stereocenters. The van der Waals surface area contributed by atoms with Crippen LogP contribution in [0.3, 0.4) is 0 Å². The first-order chi connectivity index (χ1) is 8.93. The second kappa shape index (κ2) is 4.45. The molecular formula is C15H24O4. The van der Waals surface area contributed by atoms with E-state index < -0.39 is 6.29 Å². The van der Waals surface area contributed by atoms with Gasteiger partial charge in [-0.15, -0.1) is 0 Å². The molecule has 0 aromatic heterocycles. The molecule has 19 heavy (non-hydrogen) atoms. The molecule has 0 aromatic carbocycles. The summed E-state index contributed by atoms with van der Waals surface area (Å²) in [6, 6.07) is 0. The van der Waals surface area contributed by atoms with Gasteiger partial charge in [0.25, 0.3) is 0 Å². The predicted molar refractivity (Wildman–Crippen MR) is 69.1 cm³/mol. The minimum Gasteiger partial charge on any atom is -0.462 e. The molecule has 3 fully saturated rings. The molecule has 0 aromatic rings. The highest BCUT2D eigenvalue weighted by Crippen LogP contribution is 2.54. The Morgan fingerprint density at radius 2 is 2.11 bits per heavy atom. The quantitative estimate of drug-likeness (QED) is 0.682. The summed E-state index contributed by atoms with van der Waals surface area (Å²) in [4.78, 5) is 11.8. The van der Waals surface area contributed by atoms with E-state index in [0.29, 0.717) is 18.4 Å². The van der Waals surface area contributed by atoms with E-state index in [9.17, 15) is 9.90 Å². The molecule has 0 spiro atoms. The molecule has 1 aliphatic carbocycles. The van der Waals surface area contributed by atoms with E-state index in [0.717, 1.165) is 19.3 Å². The van der Waals surface area contributed by atoms with Crippen LogP contribution in [0.15, 0.2) is 0 Å². The number of carbonyl (C=O) groups is 1. The van der Waals surface area contributed by atoms with Gasteiger partial charge in [-0.1, -0.05) is 20.8 Å². The van der Waals surface area contributed by atoms with Crippen LogP contribution < -0.4 is 0 Å². The van der Waals surface area contributed by atoms with E-state index >= 15 is 0 Å². The van der Waals surface area contributed by atoms with E-state index in [1.54, 1.807) is 0 Å². The minimum absolute atomic E-state index is 0.0344. The van der Waals surface area contributed by atoms with Crippen molar-refractivity contribution < 1.29 is 19.4 Å². The van der Waals surface area contributed by atoms with Gasteiger partial charge in [0.1, 0.15) is 6.10 Å². The van der Waals surface area contributed by atoms with E-state index in [2.05, 4.69) is 13.8 Å². The predicted octanol–water partition coefficient (Wildman–Crippen LogP) is 1.96. The van der Waals surface area contributed by atoms with E-state index in [4.69, 9.17) is 9.47 Å². The summed E-state index contributed by atoms with van der Waals surface area (Å²) in [5.41, 5.74) is -0.251.